The zero-order chi connectivity index (χ0) is 24.2. The standard InChI is InChI=1S/C25H29N3O6/c1-32-21-13-18(14-22(33-2)24(21)34-3)25(31)28-10-8-27(9-11-28)15-20(29)17-4-6-19-16(12-17)5-7-23(30)26-19/h4,6,12-14H,5,7-11,15H2,1-3H3,(H,26,30). The van der Waals surface area contributed by atoms with E-state index < -0.39 is 0 Å². The summed E-state index contributed by atoms with van der Waals surface area (Å²) in [7, 11) is 4.55. The normalized spacial score (nSPS) is 15.9. The number of carbonyl (C=O) groups excluding carboxylic acids is 3. The molecule has 2 aliphatic heterocycles. The molecule has 180 valence electrons. The summed E-state index contributed by atoms with van der Waals surface area (Å²) in [4.78, 5) is 41.3. The van der Waals surface area contributed by atoms with E-state index >= 15 is 0 Å². The zero-order valence-corrected chi connectivity index (χ0v) is 19.7. The van der Waals surface area contributed by atoms with Crippen LogP contribution in [0.4, 0.5) is 5.69 Å². The Kier molecular flexibility index (Phi) is 7.02. The summed E-state index contributed by atoms with van der Waals surface area (Å²) in [5, 5.41) is 2.84. The van der Waals surface area contributed by atoms with Crippen LogP contribution in [0, 0.1) is 0 Å². The van der Waals surface area contributed by atoms with Gasteiger partial charge in [0.2, 0.25) is 11.7 Å². The molecule has 0 aliphatic carbocycles. The van der Waals surface area contributed by atoms with Gasteiger partial charge in [0.15, 0.2) is 17.3 Å². The average molecular weight is 468 g/mol. The van der Waals surface area contributed by atoms with E-state index in [2.05, 4.69) is 10.2 Å². The Morgan fingerprint density at radius 1 is 0.882 bits per heavy atom. The maximum atomic E-state index is 13.1. The lowest BCUT2D eigenvalue weighted by Crippen LogP contribution is -2.49. The zero-order valence-electron chi connectivity index (χ0n) is 19.7. The molecule has 1 saturated heterocycles. The number of nitrogens with one attached hydrogen (secondary N) is 1. The van der Waals surface area contributed by atoms with Gasteiger partial charge in [0.25, 0.3) is 5.91 Å². The first kappa shape index (κ1) is 23.6. The number of Topliss-reactive ketones (excluding diaryl/α,β-unsaturated/α-hetero) is 1. The quantitative estimate of drug-likeness (QED) is 0.624. The monoisotopic (exact) mass is 467 g/mol. The molecule has 4 rings (SSSR count). The number of fused-ring (bicyclic) bond motifs is 1. The molecular formula is C25H29N3O6. The second-order valence-electron chi connectivity index (χ2n) is 8.33. The van der Waals surface area contributed by atoms with E-state index in [1.165, 1.54) is 21.3 Å². The van der Waals surface area contributed by atoms with Crippen LogP contribution < -0.4 is 19.5 Å². The van der Waals surface area contributed by atoms with E-state index in [1.54, 1.807) is 29.2 Å². The number of carbonyl (C=O) groups is 3. The predicted octanol–water partition coefficient (Wildman–Crippen LogP) is 2.24. The van der Waals surface area contributed by atoms with Gasteiger partial charge in [-0.15, -0.1) is 0 Å². The second-order valence-corrected chi connectivity index (χ2v) is 8.33. The van der Waals surface area contributed by atoms with Crippen molar-refractivity contribution in [3.63, 3.8) is 0 Å². The van der Waals surface area contributed by atoms with Crippen molar-refractivity contribution in [3.8, 4) is 17.2 Å². The summed E-state index contributed by atoms with van der Waals surface area (Å²) >= 11 is 0. The molecule has 0 bridgehead atoms. The number of aryl methyl sites for hydroxylation is 1. The molecule has 0 unspecified atom stereocenters. The third-order valence-corrected chi connectivity index (χ3v) is 6.26. The first-order valence-corrected chi connectivity index (χ1v) is 11.2. The highest BCUT2D eigenvalue weighted by Crippen LogP contribution is 2.38. The molecule has 9 nitrogen and oxygen atoms in total. The van der Waals surface area contributed by atoms with Crippen LogP contribution in [0.3, 0.4) is 0 Å². The first-order valence-electron chi connectivity index (χ1n) is 11.2. The minimum absolute atomic E-state index is 0.00511. The summed E-state index contributed by atoms with van der Waals surface area (Å²) < 4.78 is 16.0. The van der Waals surface area contributed by atoms with Gasteiger partial charge < -0.3 is 24.4 Å². The fourth-order valence-electron chi connectivity index (χ4n) is 4.35. The summed E-state index contributed by atoms with van der Waals surface area (Å²) in [5.74, 6) is 1.21. The first-order chi connectivity index (χ1) is 16.4. The predicted molar refractivity (Wildman–Crippen MR) is 126 cm³/mol. The Balaban J connectivity index is 1.37. The summed E-state index contributed by atoms with van der Waals surface area (Å²) in [6.45, 7) is 2.52. The second kappa shape index (κ2) is 10.1. The molecular weight excluding hydrogens is 438 g/mol. The SMILES string of the molecule is COc1cc(C(=O)N2CCN(CC(=O)c3ccc4c(c3)CCC(=O)N4)CC2)cc(OC)c1OC. The van der Waals surface area contributed by atoms with Crippen LogP contribution in [-0.2, 0) is 11.2 Å². The minimum atomic E-state index is -0.123. The van der Waals surface area contributed by atoms with Crippen molar-refractivity contribution in [2.24, 2.45) is 0 Å². The number of benzene rings is 2. The third-order valence-electron chi connectivity index (χ3n) is 6.26. The van der Waals surface area contributed by atoms with Crippen molar-refractivity contribution in [1.82, 2.24) is 9.80 Å². The fourth-order valence-corrected chi connectivity index (χ4v) is 4.35. The Labute approximate surface area is 198 Å². The number of hydrogen-bond acceptors (Lipinski definition) is 7. The summed E-state index contributed by atoms with van der Waals surface area (Å²) in [6, 6.07) is 8.74. The lowest BCUT2D eigenvalue weighted by Gasteiger charge is -2.34. The Bertz CT molecular complexity index is 1080. The highest BCUT2D eigenvalue weighted by Gasteiger charge is 2.26. The molecule has 2 aliphatic rings. The van der Waals surface area contributed by atoms with Gasteiger partial charge in [-0.3, -0.25) is 19.3 Å². The van der Waals surface area contributed by atoms with Crippen LogP contribution in [0.2, 0.25) is 0 Å². The molecule has 2 aromatic carbocycles. The van der Waals surface area contributed by atoms with E-state index in [0.29, 0.717) is 67.4 Å². The maximum absolute atomic E-state index is 13.1. The van der Waals surface area contributed by atoms with Gasteiger partial charge in [-0.25, -0.2) is 0 Å². The number of ketones is 1. The van der Waals surface area contributed by atoms with Crippen LogP contribution >= 0.6 is 0 Å². The fraction of sp³-hybridized carbons (Fsp3) is 0.400. The van der Waals surface area contributed by atoms with Crippen LogP contribution in [0.25, 0.3) is 0 Å². The Hall–Kier alpha value is -3.59. The van der Waals surface area contributed by atoms with E-state index in [1.807, 2.05) is 6.07 Å². The van der Waals surface area contributed by atoms with Crippen molar-refractivity contribution in [3.05, 3.63) is 47.0 Å². The van der Waals surface area contributed by atoms with Crippen LogP contribution in [0.1, 0.15) is 32.7 Å². The third kappa shape index (κ3) is 4.84. The number of ether oxygens (including phenoxy) is 3. The maximum Gasteiger partial charge on any atom is 0.254 e. The van der Waals surface area contributed by atoms with E-state index in [4.69, 9.17) is 14.2 Å². The van der Waals surface area contributed by atoms with Gasteiger partial charge in [-0.05, 0) is 42.3 Å². The topological polar surface area (TPSA) is 97.4 Å². The summed E-state index contributed by atoms with van der Waals surface area (Å²) in [5.41, 5.74) is 2.88. The van der Waals surface area contributed by atoms with Gasteiger partial charge in [-0.1, -0.05) is 0 Å². The van der Waals surface area contributed by atoms with Crippen molar-refractivity contribution in [2.45, 2.75) is 12.8 Å². The molecule has 34 heavy (non-hydrogen) atoms. The van der Waals surface area contributed by atoms with E-state index in [9.17, 15) is 14.4 Å². The van der Waals surface area contributed by atoms with Gasteiger partial charge >= 0.3 is 0 Å². The lowest BCUT2D eigenvalue weighted by atomic mass is 9.98. The molecule has 9 heteroatoms. The van der Waals surface area contributed by atoms with Crippen molar-refractivity contribution in [1.29, 1.82) is 0 Å². The molecule has 0 atom stereocenters. The number of nitrogens with zero attached hydrogens (tertiary/aromatic N) is 2. The van der Waals surface area contributed by atoms with Crippen molar-refractivity contribution >= 4 is 23.3 Å². The highest BCUT2D eigenvalue weighted by molar-refractivity contribution is 6.00. The van der Waals surface area contributed by atoms with Gasteiger partial charge in [0, 0.05) is 49.4 Å². The Morgan fingerprint density at radius 3 is 2.18 bits per heavy atom. The highest BCUT2D eigenvalue weighted by atomic mass is 16.5. The van der Waals surface area contributed by atoms with Gasteiger partial charge in [0.1, 0.15) is 0 Å². The van der Waals surface area contributed by atoms with E-state index in [0.717, 1.165) is 11.3 Å². The summed E-state index contributed by atoms with van der Waals surface area (Å²) in [6.07, 6.45) is 1.08. The van der Waals surface area contributed by atoms with Gasteiger partial charge in [-0.2, -0.15) is 0 Å². The smallest absolute Gasteiger partial charge is 0.254 e. The molecule has 0 spiro atoms. The molecule has 1 N–H and O–H groups in total. The van der Waals surface area contributed by atoms with Crippen LogP contribution in [0.5, 0.6) is 17.2 Å². The number of amides is 2. The Morgan fingerprint density at radius 2 is 1.56 bits per heavy atom. The molecule has 1 fully saturated rings. The number of piperazine rings is 1. The lowest BCUT2D eigenvalue weighted by molar-refractivity contribution is -0.116. The minimum Gasteiger partial charge on any atom is -0.493 e. The molecule has 2 aromatic rings. The molecule has 2 amide bonds. The number of anilines is 1. The molecule has 0 radical (unpaired) electrons. The number of methoxy groups -OCH3 is 3. The van der Waals surface area contributed by atoms with E-state index in [-0.39, 0.29) is 24.1 Å². The van der Waals surface area contributed by atoms with Crippen molar-refractivity contribution < 1.29 is 28.6 Å². The van der Waals surface area contributed by atoms with Crippen molar-refractivity contribution in [2.75, 3.05) is 59.4 Å². The van der Waals surface area contributed by atoms with Crippen LogP contribution in [-0.4, -0.2) is 81.5 Å². The van der Waals surface area contributed by atoms with Gasteiger partial charge in [0.05, 0.1) is 27.9 Å². The molecule has 0 saturated carbocycles. The average Bonchev–Trinajstić information content (AvgIpc) is 2.87. The molecule has 0 aromatic heterocycles. The number of hydrogen-bond donors (Lipinski definition) is 1. The number of rotatable bonds is 7. The van der Waals surface area contributed by atoms with Crippen LogP contribution in [0.15, 0.2) is 30.3 Å². The largest absolute Gasteiger partial charge is 0.493 e. The molecule has 2 heterocycles.